The Kier molecular flexibility index (Phi) is 8.88. The quantitative estimate of drug-likeness (QED) is 0.487. The molecule has 0 saturated heterocycles. The number of hydrogen-bond donors (Lipinski definition) is 3. The van der Waals surface area contributed by atoms with Gasteiger partial charge in [0.2, 0.25) is 11.8 Å². The van der Waals surface area contributed by atoms with Gasteiger partial charge >= 0.3 is 5.97 Å². The first kappa shape index (κ1) is 24.5. The fourth-order valence-corrected chi connectivity index (χ4v) is 3.14. The number of benzene rings is 2. The van der Waals surface area contributed by atoms with E-state index in [1.807, 2.05) is 13.0 Å². The van der Waals surface area contributed by atoms with Crippen molar-refractivity contribution >= 4 is 23.6 Å². The van der Waals surface area contributed by atoms with Gasteiger partial charge in [-0.2, -0.15) is 0 Å². The van der Waals surface area contributed by atoms with E-state index >= 15 is 0 Å². The molecule has 2 unspecified atom stereocenters. The van der Waals surface area contributed by atoms with Crippen LogP contribution >= 0.6 is 0 Å². The maximum absolute atomic E-state index is 12.9. The monoisotopic (exact) mass is 444 g/mol. The molecule has 0 spiro atoms. The lowest BCUT2D eigenvalue weighted by Crippen LogP contribution is -2.48. The number of carbonyl (C=O) groups is 4. The molecule has 170 valence electrons. The Morgan fingerprint density at radius 2 is 1.75 bits per heavy atom. The van der Waals surface area contributed by atoms with Gasteiger partial charge in [-0.15, -0.1) is 0 Å². The number of carboxylic acid groups (broad SMARTS) is 1. The van der Waals surface area contributed by atoms with E-state index in [9.17, 15) is 23.6 Å². The number of ketones is 1. The molecule has 0 aliphatic carbocycles. The standard InChI is InChI=1S/C23H25FN2O6/c1-14-8-9-19(32-2)16(10-14)11-20(28)26-22(15-6-4-3-5-7-15)23(31)25-17(12-21(29)30)18(27)13-24/h3-10,17,22H,11-13H2,1-2H3,(H,25,31)(H,26,28)(H,29,30). The predicted octanol–water partition coefficient (Wildman–Crippen LogP) is 1.90. The summed E-state index contributed by atoms with van der Waals surface area (Å²) in [5.74, 6) is -3.24. The summed E-state index contributed by atoms with van der Waals surface area (Å²) < 4.78 is 18.1. The van der Waals surface area contributed by atoms with E-state index in [1.54, 1.807) is 42.5 Å². The summed E-state index contributed by atoms with van der Waals surface area (Å²) >= 11 is 0. The number of methoxy groups -OCH3 is 1. The third kappa shape index (κ3) is 6.90. The number of halogens is 1. The van der Waals surface area contributed by atoms with Gasteiger partial charge in [-0.25, -0.2) is 4.39 Å². The van der Waals surface area contributed by atoms with Crippen LogP contribution in [-0.2, 0) is 25.6 Å². The molecule has 0 aliphatic heterocycles. The summed E-state index contributed by atoms with van der Waals surface area (Å²) in [5, 5.41) is 13.8. The zero-order valence-corrected chi connectivity index (χ0v) is 17.8. The van der Waals surface area contributed by atoms with Crippen LogP contribution in [0.4, 0.5) is 4.39 Å². The number of Topliss-reactive ketones (excluding diaryl/α,β-unsaturated/α-hetero) is 1. The second kappa shape index (κ2) is 11.6. The number of rotatable bonds is 11. The van der Waals surface area contributed by atoms with Crippen LogP contribution in [-0.4, -0.2) is 48.5 Å². The van der Waals surface area contributed by atoms with Crippen molar-refractivity contribution in [3.63, 3.8) is 0 Å². The number of nitrogens with one attached hydrogen (secondary N) is 2. The van der Waals surface area contributed by atoms with Crippen molar-refractivity contribution in [1.82, 2.24) is 10.6 Å². The number of aliphatic carboxylic acids is 1. The highest BCUT2D eigenvalue weighted by molar-refractivity contribution is 5.95. The predicted molar refractivity (Wildman–Crippen MR) is 114 cm³/mol. The van der Waals surface area contributed by atoms with Gasteiger partial charge < -0.3 is 20.5 Å². The minimum atomic E-state index is -1.55. The molecule has 2 aromatic carbocycles. The molecule has 0 aromatic heterocycles. The molecule has 2 atom stereocenters. The Hall–Kier alpha value is -3.75. The summed E-state index contributed by atoms with van der Waals surface area (Å²) in [4.78, 5) is 48.4. The van der Waals surface area contributed by atoms with Gasteiger partial charge in [0.1, 0.15) is 24.5 Å². The van der Waals surface area contributed by atoms with Crippen molar-refractivity contribution in [3.8, 4) is 5.75 Å². The second-order valence-electron chi connectivity index (χ2n) is 7.16. The number of amides is 2. The molecule has 0 heterocycles. The number of alkyl halides is 1. The van der Waals surface area contributed by atoms with Crippen molar-refractivity contribution in [1.29, 1.82) is 0 Å². The van der Waals surface area contributed by atoms with Gasteiger partial charge in [0.05, 0.1) is 20.0 Å². The highest BCUT2D eigenvalue weighted by Crippen LogP contribution is 2.21. The molecule has 0 aliphatic rings. The van der Waals surface area contributed by atoms with E-state index in [0.29, 0.717) is 16.9 Å². The fourth-order valence-electron chi connectivity index (χ4n) is 3.14. The van der Waals surface area contributed by atoms with E-state index < -0.39 is 48.7 Å². The fraction of sp³-hybridized carbons (Fsp3) is 0.304. The maximum Gasteiger partial charge on any atom is 0.305 e. The van der Waals surface area contributed by atoms with E-state index in [0.717, 1.165) is 5.56 Å². The third-order valence-electron chi connectivity index (χ3n) is 4.70. The maximum atomic E-state index is 12.9. The Bertz CT molecular complexity index is 980. The smallest absolute Gasteiger partial charge is 0.305 e. The zero-order valence-electron chi connectivity index (χ0n) is 17.8. The largest absolute Gasteiger partial charge is 0.496 e. The number of ether oxygens (including phenoxy) is 1. The average molecular weight is 444 g/mol. The lowest BCUT2D eigenvalue weighted by molar-refractivity contribution is -0.140. The summed E-state index contributed by atoms with van der Waals surface area (Å²) in [6.07, 6.45) is -0.853. The summed E-state index contributed by atoms with van der Waals surface area (Å²) in [6, 6.07) is 10.8. The molecule has 0 saturated carbocycles. The average Bonchev–Trinajstić information content (AvgIpc) is 2.76. The second-order valence-corrected chi connectivity index (χ2v) is 7.16. The number of carbonyl (C=O) groups excluding carboxylic acids is 3. The Morgan fingerprint density at radius 3 is 2.34 bits per heavy atom. The van der Waals surface area contributed by atoms with Crippen LogP contribution in [0.5, 0.6) is 5.75 Å². The van der Waals surface area contributed by atoms with Gasteiger partial charge in [-0.05, 0) is 18.6 Å². The minimum absolute atomic E-state index is 0.0799. The molecular weight excluding hydrogens is 419 g/mol. The normalized spacial score (nSPS) is 12.3. The molecule has 9 heteroatoms. The van der Waals surface area contributed by atoms with E-state index in [2.05, 4.69) is 10.6 Å². The first-order valence-electron chi connectivity index (χ1n) is 9.83. The molecular formula is C23H25FN2O6. The first-order valence-corrected chi connectivity index (χ1v) is 9.83. The highest BCUT2D eigenvalue weighted by Gasteiger charge is 2.29. The molecule has 2 amide bonds. The van der Waals surface area contributed by atoms with Crippen molar-refractivity contribution in [2.45, 2.75) is 31.8 Å². The van der Waals surface area contributed by atoms with Gasteiger partial charge in [-0.1, -0.05) is 48.0 Å². The van der Waals surface area contributed by atoms with Crippen molar-refractivity contribution in [3.05, 3.63) is 65.2 Å². The molecule has 2 rings (SSSR count). The number of aryl methyl sites for hydroxylation is 1. The van der Waals surface area contributed by atoms with Crippen LogP contribution in [0.25, 0.3) is 0 Å². The highest BCUT2D eigenvalue weighted by atomic mass is 19.1. The summed E-state index contributed by atoms with van der Waals surface area (Å²) in [5.41, 5.74) is 1.96. The molecule has 0 radical (unpaired) electrons. The van der Waals surface area contributed by atoms with Crippen LogP contribution in [0, 0.1) is 6.92 Å². The number of hydrogen-bond acceptors (Lipinski definition) is 5. The zero-order chi connectivity index (χ0) is 23.7. The lowest BCUT2D eigenvalue weighted by Gasteiger charge is -2.22. The van der Waals surface area contributed by atoms with Gasteiger partial charge in [0.15, 0.2) is 5.78 Å². The molecule has 32 heavy (non-hydrogen) atoms. The SMILES string of the molecule is COc1ccc(C)cc1CC(=O)NC(C(=O)NC(CC(=O)O)C(=O)CF)c1ccccc1. The van der Waals surface area contributed by atoms with Gasteiger partial charge in [0, 0.05) is 5.56 Å². The Balaban J connectivity index is 2.25. The van der Waals surface area contributed by atoms with Crippen LogP contribution in [0.3, 0.4) is 0 Å². The lowest BCUT2D eigenvalue weighted by atomic mass is 10.0. The number of carboxylic acids is 1. The summed E-state index contributed by atoms with van der Waals surface area (Å²) in [7, 11) is 1.48. The van der Waals surface area contributed by atoms with E-state index in [-0.39, 0.29) is 6.42 Å². The van der Waals surface area contributed by atoms with Crippen molar-refractivity contribution in [2.75, 3.05) is 13.8 Å². The Labute approximate surface area is 184 Å². The molecule has 8 nitrogen and oxygen atoms in total. The van der Waals surface area contributed by atoms with Crippen LogP contribution in [0.15, 0.2) is 48.5 Å². The van der Waals surface area contributed by atoms with Crippen LogP contribution in [0.1, 0.15) is 29.2 Å². The van der Waals surface area contributed by atoms with E-state index in [4.69, 9.17) is 9.84 Å². The molecule has 0 fully saturated rings. The molecule has 0 bridgehead atoms. The first-order chi connectivity index (χ1) is 15.2. The van der Waals surface area contributed by atoms with Crippen molar-refractivity contribution < 1.29 is 33.4 Å². The third-order valence-corrected chi connectivity index (χ3v) is 4.70. The van der Waals surface area contributed by atoms with Gasteiger partial charge in [-0.3, -0.25) is 19.2 Å². The topological polar surface area (TPSA) is 122 Å². The van der Waals surface area contributed by atoms with Gasteiger partial charge in [0.25, 0.3) is 0 Å². The van der Waals surface area contributed by atoms with E-state index in [1.165, 1.54) is 7.11 Å². The van der Waals surface area contributed by atoms with Crippen LogP contribution in [0.2, 0.25) is 0 Å². The van der Waals surface area contributed by atoms with Crippen LogP contribution < -0.4 is 15.4 Å². The summed E-state index contributed by atoms with van der Waals surface area (Å²) in [6.45, 7) is 0.444. The van der Waals surface area contributed by atoms with Crippen molar-refractivity contribution in [2.24, 2.45) is 0 Å². The molecule has 3 N–H and O–H groups in total. The minimum Gasteiger partial charge on any atom is -0.496 e. The molecule has 2 aromatic rings. The Morgan fingerprint density at radius 1 is 1.06 bits per heavy atom.